The van der Waals surface area contributed by atoms with E-state index in [1.165, 1.54) is 57.4 Å². The molecular formula is C16H22BrFN2. The summed E-state index contributed by atoms with van der Waals surface area (Å²) < 4.78 is 14.1. The van der Waals surface area contributed by atoms with Crippen molar-refractivity contribution in [3.05, 3.63) is 34.1 Å². The van der Waals surface area contributed by atoms with Crippen LogP contribution in [0.5, 0.6) is 0 Å². The second kappa shape index (κ2) is 6.54. The third kappa shape index (κ3) is 3.41. The lowest BCUT2D eigenvalue weighted by Crippen LogP contribution is -2.38. The first kappa shape index (κ1) is 14.5. The molecule has 2 fully saturated rings. The maximum Gasteiger partial charge on any atom is 0.124 e. The van der Waals surface area contributed by atoms with Crippen LogP contribution >= 0.6 is 15.9 Å². The molecule has 0 saturated carbocycles. The van der Waals surface area contributed by atoms with Crippen LogP contribution in [0, 0.1) is 5.82 Å². The van der Waals surface area contributed by atoms with Crippen LogP contribution in [0.3, 0.4) is 0 Å². The van der Waals surface area contributed by atoms with Gasteiger partial charge in [0.25, 0.3) is 0 Å². The van der Waals surface area contributed by atoms with Crippen molar-refractivity contribution >= 4 is 15.9 Å². The number of likely N-dealkylation sites (tertiary alicyclic amines) is 2. The highest BCUT2D eigenvalue weighted by Gasteiger charge is 2.27. The Kier molecular flexibility index (Phi) is 4.74. The van der Waals surface area contributed by atoms with Crippen LogP contribution in [0.15, 0.2) is 22.7 Å². The minimum Gasteiger partial charge on any atom is -0.302 e. The molecule has 0 aliphatic carbocycles. The lowest BCUT2D eigenvalue weighted by atomic mass is 10.1. The van der Waals surface area contributed by atoms with Gasteiger partial charge in [0.05, 0.1) is 0 Å². The van der Waals surface area contributed by atoms with Crippen LogP contribution in [0.25, 0.3) is 0 Å². The fourth-order valence-corrected chi connectivity index (χ4v) is 3.92. The zero-order valence-corrected chi connectivity index (χ0v) is 13.4. The number of hydrogen-bond donors (Lipinski definition) is 0. The first-order valence-electron chi connectivity index (χ1n) is 7.63. The number of benzene rings is 1. The van der Waals surface area contributed by atoms with Gasteiger partial charge in [0.2, 0.25) is 0 Å². The first-order valence-corrected chi connectivity index (χ1v) is 8.42. The predicted molar refractivity (Wildman–Crippen MR) is 83.2 cm³/mol. The molecule has 2 aliphatic rings. The number of rotatable bonds is 4. The summed E-state index contributed by atoms with van der Waals surface area (Å²) in [6.07, 6.45) is 5.30. The molecule has 3 rings (SSSR count). The zero-order chi connectivity index (χ0) is 13.9. The van der Waals surface area contributed by atoms with E-state index in [-0.39, 0.29) is 5.82 Å². The molecule has 20 heavy (non-hydrogen) atoms. The average molecular weight is 341 g/mol. The van der Waals surface area contributed by atoms with Gasteiger partial charge in [0.15, 0.2) is 0 Å². The molecule has 0 aromatic heterocycles. The predicted octanol–water partition coefficient (Wildman–Crippen LogP) is 3.65. The number of nitrogens with zero attached hydrogens (tertiary/aromatic N) is 2. The maximum atomic E-state index is 13.2. The fraction of sp³-hybridized carbons (Fsp3) is 0.625. The van der Waals surface area contributed by atoms with Crippen molar-refractivity contribution in [1.29, 1.82) is 0 Å². The van der Waals surface area contributed by atoms with E-state index in [0.717, 1.165) is 11.0 Å². The summed E-state index contributed by atoms with van der Waals surface area (Å²) in [5.41, 5.74) is 1.19. The third-order valence-electron chi connectivity index (χ3n) is 4.56. The van der Waals surface area contributed by atoms with E-state index in [4.69, 9.17) is 0 Å². The average Bonchev–Trinajstić information content (AvgIpc) is 3.06. The van der Waals surface area contributed by atoms with Crippen LogP contribution in [0.2, 0.25) is 0 Å². The molecule has 0 N–H and O–H groups in total. The summed E-state index contributed by atoms with van der Waals surface area (Å²) in [5, 5.41) is 0. The van der Waals surface area contributed by atoms with Gasteiger partial charge in [-0.15, -0.1) is 0 Å². The Morgan fingerprint density at radius 1 is 1.15 bits per heavy atom. The van der Waals surface area contributed by atoms with E-state index < -0.39 is 0 Å². The molecule has 2 heterocycles. The van der Waals surface area contributed by atoms with Crippen LogP contribution in [-0.4, -0.2) is 42.0 Å². The normalized spacial score (nSPS) is 24.6. The summed E-state index contributed by atoms with van der Waals surface area (Å²) in [5.74, 6) is -0.171. The zero-order valence-electron chi connectivity index (χ0n) is 11.8. The van der Waals surface area contributed by atoms with Crippen LogP contribution in [0.1, 0.15) is 31.2 Å². The minimum absolute atomic E-state index is 0.171. The van der Waals surface area contributed by atoms with Gasteiger partial charge in [0, 0.05) is 23.6 Å². The summed E-state index contributed by atoms with van der Waals surface area (Å²) >= 11 is 3.49. The third-order valence-corrected chi connectivity index (χ3v) is 5.29. The topological polar surface area (TPSA) is 6.48 Å². The summed E-state index contributed by atoms with van der Waals surface area (Å²) in [7, 11) is 0. The molecule has 2 nitrogen and oxygen atoms in total. The Morgan fingerprint density at radius 2 is 1.95 bits per heavy atom. The molecule has 2 saturated heterocycles. The molecule has 0 radical (unpaired) electrons. The second-order valence-corrected chi connectivity index (χ2v) is 6.86. The number of hydrogen-bond acceptors (Lipinski definition) is 2. The Bertz CT molecular complexity index is 460. The van der Waals surface area contributed by atoms with Crippen molar-refractivity contribution in [2.24, 2.45) is 0 Å². The molecule has 0 spiro atoms. The Labute approximate surface area is 129 Å². The summed E-state index contributed by atoms with van der Waals surface area (Å²) in [6, 6.07) is 5.71. The summed E-state index contributed by atoms with van der Waals surface area (Å²) in [4.78, 5) is 5.17. The van der Waals surface area contributed by atoms with Gasteiger partial charge in [-0.25, -0.2) is 4.39 Å². The van der Waals surface area contributed by atoms with Gasteiger partial charge >= 0.3 is 0 Å². The molecule has 2 aliphatic heterocycles. The van der Waals surface area contributed by atoms with E-state index >= 15 is 0 Å². The first-order chi connectivity index (χ1) is 9.72. The van der Waals surface area contributed by atoms with Crippen LogP contribution in [-0.2, 0) is 6.54 Å². The van der Waals surface area contributed by atoms with Crippen molar-refractivity contribution < 1.29 is 4.39 Å². The lowest BCUT2D eigenvalue weighted by molar-refractivity contribution is 0.185. The monoisotopic (exact) mass is 340 g/mol. The quantitative estimate of drug-likeness (QED) is 0.825. The molecule has 0 amide bonds. The largest absolute Gasteiger partial charge is 0.302 e. The molecule has 1 atom stereocenters. The highest BCUT2D eigenvalue weighted by Crippen LogP contribution is 2.26. The molecule has 0 bridgehead atoms. The van der Waals surface area contributed by atoms with Crippen molar-refractivity contribution in [2.75, 3.05) is 26.2 Å². The Hall–Kier alpha value is -0.450. The SMILES string of the molecule is Fc1ccc(CN2CCCC2CN2CCCC2)c(Br)c1. The van der Waals surface area contributed by atoms with Crippen molar-refractivity contribution in [1.82, 2.24) is 9.80 Å². The Balaban J connectivity index is 1.62. The van der Waals surface area contributed by atoms with Crippen molar-refractivity contribution in [3.63, 3.8) is 0 Å². The van der Waals surface area contributed by atoms with E-state index in [1.807, 2.05) is 6.07 Å². The minimum atomic E-state index is -0.171. The summed E-state index contributed by atoms with van der Waals surface area (Å²) in [6.45, 7) is 5.84. The molecule has 110 valence electrons. The highest BCUT2D eigenvalue weighted by atomic mass is 79.9. The molecule has 1 aromatic carbocycles. The lowest BCUT2D eigenvalue weighted by Gasteiger charge is -2.28. The molecule has 4 heteroatoms. The van der Waals surface area contributed by atoms with Gasteiger partial charge in [-0.3, -0.25) is 4.90 Å². The van der Waals surface area contributed by atoms with Crippen LogP contribution in [0.4, 0.5) is 4.39 Å². The van der Waals surface area contributed by atoms with Gasteiger partial charge < -0.3 is 4.90 Å². The van der Waals surface area contributed by atoms with Gasteiger partial charge in [-0.1, -0.05) is 22.0 Å². The fourth-order valence-electron chi connectivity index (χ4n) is 3.44. The van der Waals surface area contributed by atoms with Gasteiger partial charge in [-0.2, -0.15) is 0 Å². The molecule has 1 aromatic rings. The van der Waals surface area contributed by atoms with Crippen LogP contribution < -0.4 is 0 Å². The number of halogens is 2. The van der Waals surface area contributed by atoms with Gasteiger partial charge in [0.1, 0.15) is 5.82 Å². The standard InChI is InChI=1S/C16H22BrFN2/c17-16-10-14(18)6-5-13(16)11-20-9-3-4-15(20)12-19-7-1-2-8-19/h5-6,10,15H,1-4,7-9,11-12H2. The second-order valence-electron chi connectivity index (χ2n) is 6.01. The van der Waals surface area contributed by atoms with Crippen molar-refractivity contribution in [3.8, 4) is 0 Å². The molecular weight excluding hydrogens is 319 g/mol. The smallest absolute Gasteiger partial charge is 0.124 e. The van der Waals surface area contributed by atoms with E-state index in [1.54, 1.807) is 12.1 Å². The Morgan fingerprint density at radius 3 is 2.70 bits per heavy atom. The van der Waals surface area contributed by atoms with E-state index in [2.05, 4.69) is 25.7 Å². The highest BCUT2D eigenvalue weighted by molar-refractivity contribution is 9.10. The van der Waals surface area contributed by atoms with Crippen molar-refractivity contribution in [2.45, 2.75) is 38.3 Å². The maximum absolute atomic E-state index is 13.2. The molecule has 1 unspecified atom stereocenters. The van der Waals surface area contributed by atoms with E-state index in [0.29, 0.717) is 6.04 Å². The van der Waals surface area contributed by atoms with Gasteiger partial charge in [-0.05, 0) is 63.0 Å². The van der Waals surface area contributed by atoms with E-state index in [9.17, 15) is 4.39 Å².